The molecular weight excluding hydrogens is 226 g/mol. The highest BCUT2D eigenvalue weighted by Crippen LogP contribution is 2.29. The van der Waals surface area contributed by atoms with Crippen LogP contribution in [0.5, 0.6) is 0 Å². The zero-order valence-corrected chi connectivity index (χ0v) is 10.7. The van der Waals surface area contributed by atoms with E-state index in [2.05, 4.69) is 17.0 Å². The van der Waals surface area contributed by atoms with E-state index < -0.39 is 0 Å². The molecule has 1 saturated heterocycles. The van der Waals surface area contributed by atoms with Gasteiger partial charge in [-0.15, -0.1) is 12.4 Å². The highest BCUT2D eigenvalue weighted by atomic mass is 35.5. The van der Waals surface area contributed by atoms with Gasteiger partial charge in [0.15, 0.2) is 5.76 Å². The molecule has 16 heavy (non-hydrogen) atoms. The standard InChI is InChI=1S/C11H19N3O.ClH/c1-9-5-10(15-13-9)6-14-4-3-11(2,7-12)8-14;/h5H,3-4,6-8,12H2,1-2H3;1H. The maximum Gasteiger partial charge on any atom is 0.150 e. The Labute approximate surface area is 103 Å². The largest absolute Gasteiger partial charge is 0.360 e. The smallest absolute Gasteiger partial charge is 0.150 e. The van der Waals surface area contributed by atoms with Crippen molar-refractivity contribution in [3.05, 3.63) is 17.5 Å². The molecule has 0 amide bonds. The number of hydrogen-bond acceptors (Lipinski definition) is 4. The van der Waals surface area contributed by atoms with Gasteiger partial charge in [-0.2, -0.15) is 0 Å². The summed E-state index contributed by atoms with van der Waals surface area (Å²) in [6, 6.07) is 2.00. The Morgan fingerprint density at radius 3 is 2.88 bits per heavy atom. The Morgan fingerprint density at radius 2 is 2.38 bits per heavy atom. The van der Waals surface area contributed by atoms with Crippen LogP contribution >= 0.6 is 12.4 Å². The molecule has 2 N–H and O–H groups in total. The number of hydrogen-bond donors (Lipinski definition) is 1. The quantitative estimate of drug-likeness (QED) is 0.879. The molecule has 1 aliphatic rings. The third-order valence-electron chi connectivity index (χ3n) is 3.19. The van der Waals surface area contributed by atoms with Gasteiger partial charge < -0.3 is 10.3 Å². The summed E-state index contributed by atoms with van der Waals surface area (Å²) in [5.41, 5.74) is 7.00. The van der Waals surface area contributed by atoms with Gasteiger partial charge >= 0.3 is 0 Å². The first-order valence-electron chi connectivity index (χ1n) is 5.46. The van der Waals surface area contributed by atoms with Gasteiger partial charge in [0.2, 0.25) is 0 Å². The summed E-state index contributed by atoms with van der Waals surface area (Å²) in [4.78, 5) is 2.38. The average molecular weight is 246 g/mol. The first kappa shape index (κ1) is 13.5. The summed E-state index contributed by atoms with van der Waals surface area (Å²) in [6.45, 7) is 7.98. The highest BCUT2D eigenvalue weighted by Gasteiger charge is 2.32. The molecule has 0 aromatic carbocycles. The molecule has 92 valence electrons. The molecule has 1 fully saturated rings. The van der Waals surface area contributed by atoms with Gasteiger partial charge in [-0.05, 0) is 31.8 Å². The van der Waals surface area contributed by atoms with Crippen molar-refractivity contribution in [2.75, 3.05) is 19.6 Å². The van der Waals surface area contributed by atoms with E-state index in [9.17, 15) is 0 Å². The minimum Gasteiger partial charge on any atom is -0.360 e. The number of likely N-dealkylation sites (tertiary alicyclic amines) is 1. The van der Waals surface area contributed by atoms with Gasteiger partial charge in [0, 0.05) is 12.6 Å². The van der Waals surface area contributed by atoms with Crippen molar-refractivity contribution in [1.29, 1.82) is 0 Å². The van der Waals surface area contributed by atoms with Gasteiger partial charge in [0.1, 0.15) is 0 Å². The van der Waals surface area contributed by atoms with E-state index in [1.54, 1.807) is 0 Å². The van der Waals surface area contributed by atoms with Crippen LogP contribution in [0.25, 0.3) is 0 Å². The van der Waals surface area contributed by atoms with Crippen molar-refractivity contribution in [2.45, 2.75) is 26.8 Å². The predicted molar refractivity (Wildman–Crippen MR) is 65.5 cm³/mol. The van der Waals surface area contributed by atoms with Crippen molar-refractivity contribution in [2.24, 2.45) is 11.1 Å². The molecule has 1 aromatic rings. The lowest BCUT2D eigenvalue weighted by molar-refractivity contribution is 0.243. The van der Waals surface area contributed by atoms with Crippen LogP contribution in [0.2, 0.25) is 0 Å². The van der Waals surface area contributed by atoms with E-state index in [1.165, 1.54) is 6.42 Å². The molecule has 2 heterocycles. The molecule has 0 bridgehead atoms. The van der Waals surface area contributed by atoms with E-state index in [1.807, 2.05) is 13.0 Å². The van der Waals surface area contributed by atoms with Gasteiger partial charge in [0.25, 0.3) is 0 Å². The Kier molecular flexibility index (Phi) is 4.35. The lowest BCUT2D eigenvalue weighted by Crippen LogP contribution is -2.31. The molecule has 5 heteroatoms. The summed E-state index contributed by atoms with van der Waals surface area (Å²) >= 11 is 0. The van der Waals surface area contributed by atoms with Gasteiger partial charge in [0.05, 0.1) is 12.2 Å². The zero-order chi connectivity index (χ0) is 10.9. The van der Waals surface area contributed by atoms with E-state index >= 15 is 0 Å². The Morgan fingerprint density at radius 1 is 1.62 bits per heavy atom. The number of aromatic nitrogens is 1. The summed E-state index contributed by atoms with van der Waals surface area (Å²) in [6.07, 6.45) is 1.18. The normalized spacial score (nSPS) is 25.7. The average Bonchev–Trinajstić information content (AvgIpc) is 2.76. The molecule has 1 aromatic heterocycles. The maximum atomic E-state index is 5.77. The van der Waals surface area contributed by atoms with Crippen LogP contribution in [-0.4, -0.2) is 29.7 Å². The lowest BCUT2D eigenvalue weighted by Gasteiger charge is -2.21. The molecular formula is C11H20ClN3O. The van der Waals surface area contributed by atoms with Crippen LogP contribution in [0.4, 0.5) is 0 Å². The van der Waals surface area contributed by atoms with E-state index in [-0.39, 0.29) is 17.8 Å². The van der Waals surface area contributed by atoms with Crippen molar-refractivity contribution >= 4 is 12.4 Å². The van der Waals surface area contributed by atoms with Crippen LogP contribution in [0, 0.1) is 12.3 Å². The monoisotopic (exact) mass is 245 g/mol. The number of rotatable bonds is 3. The summed E-state index contributed by atoms with van der Waals surface area (Å²) < 4.78 is 5.21. The van der Waals surface area contributed by atoms with Gasteiger partial charge in [-0.1, -0.05) is 12.1 Å². The maximum absolute atomic E-state index is 5.77. The molecule has 1 unspecified atom stereocenters. The zero-order valence-electron chi connectivity index (χ0n) is 9.90. The topological polar surface area (TPSA) is 55.3 Å². The molecule has 0 aliphatic carbocycles. The molecule has 2 rings (SSSR count). The molecule has 1 atom stereocenters. The van der Waals surface area contributed by atoms with Crippen molar-refractivity contribution in [3.8, 4) is 0 Å². The van der Waals surface area contributed by atoms with E-state index in [4.69, 9.17) is 10.3 Å². The van der Waals surface area contributed by atoms with Crippen LogP contribution in [0.15, 0.2) is 10.6 Å². The molecule has 4 nitrogen and oxygen atoms in total. The van der Waals surface area contributed by atoms with Crippen LogP contribution in [-0.2, 0) is 6.54 Å². The second-order valence-corrected chi connectivity index (χ2v) is 4.91. The molecule has 1 aliphatic heterocycles. The fourth-order valence-electron chi connectivity index (χ4n) is 2.14. The predicted octanol–water partition coefficient (Wildman–Crippen LogP) is 1.58. The molecule has 0 spiro atoms. The van der Waals surface area contributed by atoms with Crippen molar-refractivity contribution < 1.29 is 4.52 Å². The second kappa shape index (κ2) is 5.17. The molecule has 0 radical (unpaired) electrons. The molecule has 0 saturated carbocycles. The Hall–Kier alpha value is -0.580. The number of nitrogens with two attached hydrogens (primary N) is 1. The van der Waals surface area contributed by atoms with Crippen LogP contribution in [0.1, 0.15) is 24.8 Å². The summed E-state index contributed by atoms with van der Waals surface area (Å²) in [5, 5.41) is 3.89. The van der Waals surface area contributed by atoms with Gasteiger partial charge in [-0.25, -0.2) is 0 Å². The van der Waals surface area contributed by atoms with E-state index in [0.29, 0.717) is 0 Å². The minimum absolute atomic E-state index is 0. The third-order valence-corrected chi connectivity index (χ3v) is 3.19. The van der Waals surface area contributed by atoms with Crippen molar-refractivity contribution in [3.63, 3.8) is 0 Å². The minimum atomic E-state index is 0. The fourth-order valence-corrected chi connectivity index (χ4v) is 2.14. The van der Waals surface area contributed by atoms with Crippen LogP contribution in [0.3, 0.4) is 0 Å². The van der Waals surface area contributed by atoms with Crippen LogP contribution < -0.4 is 5.73 Å². The number of aryl methyl sites for hydroxylation is 1. The SMILES string of the molecule is Cc1cc(CN2CCC(C)(CN)C2)on1.Cl. The van der Waals surface area contributed by atoms with E-state index in [0.717, 1.165) is 37.6 Å². The lowest BCUT2D eigenvalue weighted by atomic mass is 9.90. The third kappa shape index (κ3) is 2.97. The summed E-state index contributed by atoms with van der Waals surface area (Å²) in [7, 11) is 0. The second-order valence-electron chi connectivity index (χ2n) is 4.91. The number of nitrogens with zero attached hydrogens (tertiary/aromatic N) is 2. The van der Waals surface area contributed by atoms with Gasteiger partial charge in [-0.3, -0.25) is 4.90 Å². The summed E-state index contributed by atoms with van der Waals surface area (Å²) in [5.74, 6) is 0.953. The van der Waals surface area contributed by atoms with Crippen molar-refractivity contribution in [1.82, 2.24) is 10.1 Å². The number of halogens is 1. The Balaban J connectivity index is 0.00000128. The Bertz CT molecular complexity index is 342. The first-order chi connectivity index (χ1) is 7.11. The highest BCUT2D eigenvalue weighted by molar-refractivity contribution is 5.85. The fraction of sp³-hybridized carbons (Fsp3) is 0.727. The first-order valence-corrected chi connectivity index (χ1v) is 5.46.